The van der Waals surface area contributed by atoms with Crippen LogP contribution in [0, 0.1) is 0 Å². The lowest BCUT2D eigenvalue weighted by Gasteiger charge is -2.21. The Labute approximate surface area is 159 Å². The van der Waals surface area contributed by atoms with Crippen LogP contribution >= 0.6 is 11.6 Å². The van der Waals surface area contributed by atoms with E-state index in [1.165, 1.54) is 12.1 Å². The lowest BCUT2D eigenvalue weighted by molar-refractivity contribution is 0.0761. The Morgan fingerprint density at radius 2 is 1.92 bits per heavy atom. The number of likely N-dealkylation sites (tertiary alicyclic amines) is 1. The van der Waals surface area contributed by atoms with Gasteiger partial charge in [0, 0.05) is 31.8 Å². The van der Waals surface area contributed by atoms with E-state index in [0.29, 0.717) is 25.3 Å². The second-order valence-corrected chi connectivity index (χ2v) is 8.98. The van der Waals surface area contributed by atoms with Gasteiger partial charge in [-0.3, -0.25) is 4.79 Å². The first kappa shape index (κ1) is 19.6. The molecule has 0 spiro atoms. The molecule has 2 heterocycles. The Morgan fingerprint density at radius 1 is 1.19 bits per heavy atom. The van der Waals surface area contributed by atoms with Crippen LogP contribution in [0.3, 0.4) is 0 Å². The topological polar surface area (TPSA) is 75.7 Å². The number of hydrogen-bond donors (Lipinski definition) is 1. The van der Waals surface area contributed by atoms with Crippen LogP contribution in [0.25, 0.3) is 0 Å². The van der Waals surface area contributed by atoms with Gasteiger partial charge in [0.05, 0.1) is 11.1 Å². The minimum absolute atomic E-state index is 0.0576. The van der Waals surface area contributed by atoms with E-state index in [1.54, 1.807) is 11.0 Å². The number of amides is 1. The van der Waals surface area contributed by atoms with Gasteiger partial charge < -0.3 is 9.64 Å². The molecule has 2 saturated heterocycles. The third-order valence-corrected chi connectivity index (χ3v) is 6.79. The van der Waals surface area contributed by atoms with Crippen LogP contribution in [0.15, 0.2) is 23.1 Å². The van der Waals surface area contributed by atoms with Gasteiger partial charge >= 0.3 is 0 Å². The molecule has 2 aliphatic rings. The van der Waals surface area contributed by atoms with E-state index >= 15 is 0 Å². The molecule has 1 unspecified atom stereocenters. The average molecular weight is 401 g/mol. The highest BCUT2D eigenvalue weighted by Gasteiger charge is 2.25. The van der Waals surface area contributed by atoms with Crippen LogP contribution in [0.1, 0.15) is 48.9 Å². The molecule has 0 bridgehead atoms. The third kappa shape index (κ3) is 4.76. The molecule has 0 aliphatic carbocycles. The van der Waals surface area contributed by atoms with Gasteiger partial charge in [-0.2, -0.15) is 0 Å². The fraction of sp³-hybridized carbons (Fsp3) is 0.611. The van der Waals surface area contributed by atoms with Gasteiger partial charge in [0.1, 0.15) is 4.90 Å². The first-order valence-corrected chi connectivity index (χ1v) is 11.0. The van der Waals surface area contributed by atoms with E-state index in [1.807, 2.05) is 0 Å². The van der Waals surface area contributed by atoms with Gasteiger partial charge in [0.2, 0.25) is 10.0 Å². The molecule has 26 heavy (non-hydrogen) atoms. The van der Waals surface area contributed by atoms with Crippen LogP contribution in [0.4, 0.5) is 0 Å². The zero-order chi connectivity index (χ0) is 18.6. The number of halogens is 1. The molecule has 144 valence electrons. The number of ether oxygens (including phenoxy) is 1. The maximum Gasteiger partial charge on any atom is 0.253 e. The summed E-state index contributed by atoms with van der Waals surface area (Å²) in [7, 11) is -3.81. The molecule has 1 amide bonds. The predicted molar refractivity (Wildman–Crippen MR) is 100.0 cm³/mol. The minimum atomic E-state index is -3.81. The first-order chi connectivity index (χ1) is 12.5. The summed E-state index contributed by atoms with van der Waals surface area (Å²) in [6, 6.07) is 4.45. The number of nitrogens with zero attached hydrogens (tertiary/aromatic N) is 1. The van der Waals surface area contributed by atoms with Gasteiger partial charge in [0.15, 0.2) is 0 Å². The summed E-state index contributed by atoms with van der Waals surface area (Å²) in [6.45, 7) is 2.29. The summed E-state index contributed by atoms with van der Waals surface area (Å²) < 4.78 is 33.3. The molecule has 6 nitrogen and oxygen atoms in total. The summed E-state index contributed by atoms with van der Waals surface area (Å²) in [4.78, 5) is 14.5. The molecule has 1 N–H and O–H groups in total. The maximum atomic E-state index is 12.8. The third-order valence-electron chi connectivity index (χ3n) is 4.89. The summed E-state index contributed by atoms with van der Waals surface area (Å²) in [5.74, 6) is -0.140. The molecule has 8 heteroatoms. The fourth-order valence-electron chi connectivity index (χ4n) is 3.38. The standard InChI is InChI=1S/C18H25ClN2O4S/c19-16-8-7-14(18(22)21-9-3-1-2-4-10-21)12-17(16)26(23,24)20-13-15-6-5-11-25-15/h7-8,12,15,20H,1-6,9-11,13H2. The van der Waals surface area contributed by atoms with Crippen molar-refractivity contribution in [3.63, 3.8) is 0 Å². The van der Waals surface area contributed by atoms with E-state index in [2.05, 4.69) is 4.72 Å². The molecule has 1 aromatic rings. The molecule has 0 saturated carbocycles. The summed E-state index contributed by atoms with van der Waals surface area (Å²) in [5.41, 5.74) is 0.355. The first-order valence-electron chi connectivity index (χ1n) is 9.17. The van der Waals surface area contributed by atoms with Crippen LogP contribution in [-0.4, -0.2) is 51.6 Å². The summed E-state index contributed by atoms with van der Waals surface area (Å²) in [6.07, 6.45) is 5.87. The van der Waals surface area contributed by atoms with Crippen LogP contribution in [0.2, 0.25) is 5.02 Å². The average Bonchev–Trinajstić information content (AvgIpc) is 3.00. The Hall–Kier alpha value is -1.15. The lowest BCUT2D eigenvalue weighted by Crippen LogP contribution is -2.33. The number of nitrogens with one attached hydrogen (secondary N) is 1. The number of rotatable bonds is 5. The number of benzene rings is 1. The zero-order valence-electron chi connectivity index (χ0n) is 14.7. The molecular weight excluding hydrogens is 376 g/mol. The van der Waals surface area contributed by atoms with Crippen LogP contribution < -0.4 is 4.72 Å². The van der Waals surface area contributed by atoms with Gasteiger partial charge in [-0.05, 0) is 43.9 Å². The van der Waals surface area contributed by atoms with Crippen LogP contribution in [0.5, 0.6) is 0 Å². The van der Waals surface area contributed by atoms with Gasteiger partial charge in [-0.1, -0.05) is 24.4 Å². The summed E-state index contributed by atoms with van der Waals surface area (Å²) in [5, 5.41) is 0.109. The molecule has 3 rings (SSSR count). The quantitative estimate of drug-likeness (QED) is 0.824. The number of carbonyl (C=O) groups excluding carboxylic acids is 1. The molecule has 0 aromatic heterocycles. The molecule has 1 aromatic carbocycles. The van der Waals surface area contributed by atoms with E-state index in [-0.39, 0.29) is 28.5 Å². The molecule has 2 aliphatic heterocycles. The van der Waals surface area contributed by atoms with Gasteiger partial charge in [-0.15, -0.1) is 0 Å². The zero-order valence-corrected chi connectivity index (χ0v) is 16.3. The maximum absolute atomic E-state index is 12.8. The van der Waals surface area contributed by atoms with Crippen molar-refractivity contribution < 1.29 is 17.9 Å². The van der Waals surface area contributed by atoms with Crippen molar-refractivity contribution in [2.45, 2.75) is 49.5 Å². The monoisotopic (exact) mass is 400 g/mol. The van der Waals surface area contributed by atoms with Crippen molar-refractivity contribution in [3.05, 3.63) is 28.8 Å². The Balaban J connectivity index is 1.76. The second-order valence-electron chi connectivity index (χ2n) is 6.84. The second kappa shape index (κ2) is 8.69. The van der Waals surface area contributed by atoms with Crippen molar-refractivity contribution in [1.29, 1.82) is 0 Å². The van der Waals surface area contributed by atoms with Gasteiger partial charge in [-0.25, -0.2) is 13.1 Å². The molecule has 1 atom stereocenters. The number of sulfonamides is 1. The largest absolute Gasteiger partial charge is 0.377 e. The Kier molecular flexibility index (Phi) is 6.55. The lowest BCUT2D eigenvalue weighted by atomic mass is 10.2. The fourth-order valence-corrected chi connectivity index (χ4v) is 4.97. The van der Waals surface area contributed by atoms with E-state index in [4.69, 9.17) is 16.3 Å². The predicted octanol–water partition coefficient (Wildman–Crippen LogP) is 2.81. The van der Waals surface area contributed by atoms with Crippen molar-refractivity contribution in [1.82, 2.24) is 9.62 Å². The van der Waals surface area contributed by atoms with Crippen molar-refractivity contribution >= 4 is 27.5 Å². The highest BCUT2D eigenvalue weighted by atomic mass is 35.5. The Bertz CT molecular complexity index is 740. The number of hydrogen-bond acceptors (Lipinski definition) is 4. The van der Waals surface area contributed by atoms with E-state index in [9.17, 15) is 13.2 Å². The Morgan fingerprint density at radius 3 is 2.58 bits per heavy atom. The normalized spacial score (nSPS) is 21.6. The minimum Gasteiger partial charge on any atom is -0.377 e. The number of carbonyl (C=O) groups is 1. The van der Waals surface area contributed by atoms with Crippen molar-refractivity contribution in [2.75, 3.05) is 26.2 Å². The molecular formula is C18H25ClN2O4S. The van der Waals surface area contributed by atoms with Crippen molar-refractivity contribution in [2.24, 2.45) is 0 Å². The van der Waals surface area contributed by atoms with E-state index in [0.717, 1.165) is 38.5 Å². The van der Waals surface area contributed by atoms with Gasteiger partial charge in [0.25, 0.3) is 5.91 Å². The SMILES string of the molecule is O=C(c1ccc(Cl)c(S(=O)(=O)NCC2CCCO2)c1)N1CCCCCC1. The van der Waals surface area contributed by atoms with E-state index < -0.39 is 10.0 Å². The van der Waals surface area contributed by atoms with Crippen molar-refractivity contribution in [3.8, 4) is 0 Å². The highest BCUT2D eigenvalue weighted by molar-refractivity contribution is 7.89. The molecule has 2 fully saturated rings. The highest BCUT2D eigenvalue weighted by Crippen LogP contribution is 2.24. The summed E-state index contributed by atoms with van der Waals surface area (Å²) >= 11 is 6.12. The smallest absolute Gasteiger partial charge is 0.253 e. The van der Waals surface area contributed by atoms with Crippen LogP contribution in [-0.2, 0) is 14.8 Å². The molecule has 0 radical (unpaired) electrons.